The number of benzene rings is 1. The van der Waals surface area contributed by atoms with E-state index in [4.69, 9.17) is 10.9 Å². The zero-order chi connectivity index (χ0) is 12.7. The first-order valence-electron chi connectivity index (χ1n) is 5.87. The van der Waals surface area contributed by atoms with Gasteiger partial charge in [0.15, 0.2) is 0 Å². The van der Waals surface area contributed by atoms with Gasteiger partial charge in [-0.15, -0.1) is 0 Å². The van der Waals surface area contributed by atoms with Crippen LogP contribution in [0, 0.1) is 12.8 Å². The maximum atomic E-state index is 8.51. The molecule has 1 unspecified atom stereocenters. The Morgan fingerprint density at radius 3 is 2.82 bits per heavy atom. The summed E-state index contributed by atoms with van der Waals surface area (Å²) in [5, 5.41) is 14.8. The molecule has 17 heavy (non-hydrogen) atoms. The monoisotopic (exact) mass is 235 g/mol. The molecule has 4 heteroatoms. The molecule has 94 valence electrons. The Bertz CT molecular complexity index is 377. The quantitative estimate of drug-likeness (QED) is 0.230. The third kappa shape index (κ3) is 4.44. The molecule has 0 fully saturated rings. The average molecular weight is 235 g/mol. The lowest BCUT2D eigenvalue weighted by molar-refractivity contribution is 0.314. The van der Waals surface area contributed by atoms with Gasteiger partial charge in [-0.2, -0.15) is 0 Å². The molecule has 0 saturated carbocycles. The molecule has 1 rings (SSSR count). The molecule has 0 radical (unpaired) electrons. The topological polar surface area (TPSA) is 70.6 Å². The van der Waals surface area contributed by atoms with Gasteiger partial charge >= 0.3 is 0 Å². The number of hydrogen-bond acceptors (Lipinski definition) is 3. The normalized spacial score (nSPS) is 13.6. The molecule has 0 bridgehead atoms. The summed E-state index contributed by atoms with van der Waals surface area (Å²) >= 11 is 0. The summed E-state index contributed by atoms with van der Waals surface area (Å²) in [6.07, 6.45) is 0.996. The Balaban J connectivity index is 2.28. The van der Waals surface area contributed by atoms with Gasteiger partial charge in [0.25, 0.3) is 0 Å². The van der Waals surface area contributed by atoms with Crippen LogP contribution in [0.25, 0.3) is 0 Å². The molecule has 0 aliphatic carbocycles. The van der Waals surface area contributed by atoms with Crippen LogP contribution in [-0.2, 0) is 6.42 Å². The molecule has 1 atom stereocenters. The second-order valence-electron chi connectivity index (χ2n) is 4.31. The van der Waals surface area contributed by atoms with Crippen LogP contribution in [0.15, 0.2) is 29.4 Å². The van der Waals surface area contributed by atoms with Crippen LogP contribution in [0.5, 0.6) is 0 Å². The lowest BCUT2D eigenvalue weighted by Crippen LogP contribution is -2.32. The maximum absolute atomic E-state index is 8.51. The third-order valence-corrected chi connectivity index (χ3v) is 2.90. The van der Waals surface area contributed by atoms with Crippen molar-refractivity contribution >= 4 is 5.84 Å². The van der Waals surface area contributed by atoms with Crippen molar-refractivity contribution in [2.75, 3.05) is 13.1 Å². The summed E-state index contributed by atoms with van der Waals surface area (Å²) < 4.78 is 0. The number of nitrogens with zero attached hydrogens (tertiary/aromatic N) is 1. The van der Waals surface area contributed by atoms with Crippen molar-refractivity contribution in [2.24, 2.45) is 16.8 Å². The largest absolute Gasteiger partial charge is 0.409 e. The molecule has 0 saturated heterocycles. The van der Waals surface area contributed by atoms with E-state index in [0.29, 0.717) is 0 Å². The molecule has 4 N–H and O–H groups in total. The minimum Gasteiger partial charge on any atom is -0.409 e. The van der Waals surface area contributed by atoms with Crippen LogP contribution >= 0.6 is 0 Å². The zero-order valence-corrected chi connectivity index (χ0v) is 10.5. The van der Waals surface area contributed by atoms with Crippen molar-refractivity contribution in [1.82, 2.24) is 5.32 Å². The van der Waals surface area contributed by atoms with Gasteiger partial charge < -0.3 is 16.3 Å². The van der Waals surface area contributed by atoms with E-state index in [-0.39, 0.29) is 11.8 Å². The molecule has 4 nitrogen and oxygen atoms in total. The van der Waals surface area contributed by atoms with E-state index in [2.05, 4.69) is 35.6 Å². The highest BCUT2D eigenvalue weighted by molar-refractivity contribution is 5.82. The van der Waals surface area contributed by atoms with Crippen LogP contribution in [0.3, 0.4) is 0 Å². The number of aryl methyl sites for hydroxylation is 1. The maximum Gasteiger partial charge on any atom is 0.143 e. The third-order valence-electron chi connectivity index (χ3n) is 2.90. The van der Waals surface area contributed by atoms with Crippen molar-refractivity contribution in [3.8, 4) is 0 Å². The van der Waals surface area contributed by atoms with Crippen molar-refractivity contribution in [3.05, 3.63) is 35.4 Å². The summed E-state index contributed by atoms with van der Waals surface area (Å²) in [6, 6.07) is 8.37. The minimum atomic E-state index is 0.0527. The lowest BCUT2D eigenvalue weighted by Gasteiger charge is -2.11. The fourth-order valence-corrected chi connectivity index (χ4v) is 1.64. The SMILES string of the molecule is Cc1ccccc1CCNCC(C)C(N)=NO. The molecule has 0 aliphatic heterocycles. The summed E-state index contributed by atoms with van der Waals surface area (Å²) in [5.74, 6) is 0.324. The number of nitrogens with one attached hydrogen (secondary N) is 1. The average Bonchev–Trinajstić information content (AvgIpc) is 2.35. The molecular formula is C13H21N3O. The predicted octanol–water partition coefficient (Wildman–Crippen LogP) is 1.51. The Hall–Kier alpha value is -1.55. The first-order valence-corrected chi connectivity index (χ1v) is 5.87. The van der Waals surface area contributed by atoms with Gasteiger partial charge in [0.1, 0.15) is 5.84 Å². The molecular weight excluding hydrogens is 214 g/mol. The van der Waals surface area contributed by atoms with Crippen LogP contribution in [-0.4, -0.2) is 24.1 Å². The van der Waals surface area contributed by atoms with Crippen LogP contribution < -0.4 is 11.1 Å². The van der Waals surface area contributed by atoms with E-state index in [1.165, 1.54) is 11.1 Å². The first kappa shape index (κ1) is 13.5. The zero-order valence-electron chi connectivity index (χ0n) is 10.5. The Kier molecular flexibility index (Phi) is 5.49. The van der Waals surface area contributed by atoms with Crippen LogP contribution in [0.4, 0.5) is 0 Å². The van der Waals surface area contributed by atoms with Gasteiger partial charge in [0.2, 0.25) is 0 Å². The molecule has 1 aromatic rings. The number of amidine groups is 1. The smallest absolute Gasteiger partial charge is 0.143 e. The Labute approximate surface area is 103 Å². The van der Waals surface area contributed by atoms with Crippen LogP contribution in [0.1, 0.15) is 18.1 Å². The number of oxime groups is 1. The van der Waals surface area contributed by atoms with Crippen LogP contribution in [0.2, 0.25) is 0 Å². The number of nitrogens with two attached hydrogens (primary N) is 1. The fourth-order valence-electron chi connectivity index (χ4n) is 1.64. The second kappa shape index (κ2) is 6.91. The van der Waals surface area contributed by atoms with E-state index in [1.54, 1.807) is 0 Å². The second-order valence-corrected chi connectivity index (χ2v) is 4.31. The van der Waals surface area contributed by atoms with Gasteiger partial charge in [-0.05, 0) is 31.0 Å². The first-order chi connectivity index (χ1) is 8.15. The predicted molar refractivity (Wildman–Crippen MR) is 70.3 cm³/mol. The number of rotatable bonds is 6. The summed E-state index contributed by atoms with van der Waals surface area (Å²) in [7, 11) is 0. The van der Waals surface area contributed by atoms with Gasteiger partial charge in [-0.25, -0.2) is 0 Å². The Morgan fingerprint density at radius 1 is 1.47 bits per heavy atom. The Morgan fingerprint density at radius 2 is 2.18 bits per heavy atom. The van der Waals surface area contributed by atoms with Crippen molar-refractivity contribution in [1.29, 1.82) is 0 Å². The summed E-state index contributed by atoms with van der Waals surface area (Å²) in [5.41, 5.74) is 8.17. The highest BCUT2D eigenvalue weighted by Gasteiger charge is 2.06. The van der Waals surface area contributed by atoms with E-state index >= 15 is 0 Å². The standard InChI is InChI=1S/C13H21N3O/c1-10-5-3-4-6-12(10)7-8-15-9-11(2)13(14)16-17/h3-6,11,15,17H,7-9H2,1-2H3,(H2,14,16). The molecule has 1 aromatic carbocycles. The van der Waals surface area contributed by atoms with Gasteiger partial charge in [0.05, 0.1) is 0 Å². The van der Waals surface area contributed by atoms with Crippen molar-refractivity contribution < 1.29 is 5.21 Å². The highest BCUT2D eigenvalue weighted by Crippen LogP contribution is 2.06. The summed E-state index contributed by atoms with van der Waals surface area (Å²) in [4.78, 5) is 0. The summed E-state index contributed by atoms with van der Waals surface area (Å²) in [6.45, 7) is 5.67. The molecule has 0 aromatic heterocycles. The van der Waals surface area contributed by atoms with Gasteiger partial charge in [-0.3, -0.25) is 0 Å². The molecule has 0 aliphatic rings. The van der Waals surface area contributed by atoms with E-state index < -0.39 is 0 Å². The fraction of sp³-hybridized carbons (Fsp3) is 0.462. The van der Waals surface area contributed by atoms with Crippen molar-refractivity contribution in [3.63, 3.8) is 0 Å². The minimum absolute atomic E-state index is 0.0527. The van der Waals surface area contributed by atoms with E-state index in [9.17, 15) is 0 Å². The highest BCUT2D eigenvalue weighted by atomic mass is 16.4. The lowest BCUT2D eigenvalue weighted by atomic mass is 10.1. The van der Waals surface area contributed by atoms with Gasteiger partial charge in [-0.1, -0.05) is 36.3 Å². The molecule has 0 amide bonds. The van der Waals surface area contributed by atoms with E-state index in [0.717, 1.165) is 19.5 Å². The van der Waals surface area contributed by atoms with Crippen molar-refractivity contribution in [2.45, 2.75) is 20.3 Å². The molecule has 0 heterocycles. The van der Waals surface area contributed by atoms with Gasteiger partial charge in [0, 0.05) is 12.5 Å². The number of hydrogen-bond donors (Lipinski definition) is 3. The van der Waals surface area contributed by atoms with E-state index in [1.807, 2.05) is 13.0 Å². The molecule has 0 spiro atoms.